The number of hydrogen-bond donors (Lipinski definition) is 0. The zero-order valence-corrected chi connectivity index (χ0v) is 5.76. The fourth-order valence-corrected chi connectivity index (χ4v) is 0.429. The lowest BCUT2D eigenvalue weighted by Gasteiger charge is -1.88. The summed E-state index contributed by atoms with van der Waals surface area (Å²) in [4.78, 5) is 14.0. The van der Waals surface area contributed by atoms with Crippen LogP contribution in [0.2, 0.25) is 0 Å². The first-order chi connectivity index (χ1) is 3.80. The van der Waals surface area contributed by atoms with Crippen molar-refractivity contribution in [1.29, 1.82) is 0 Å². The fourth-order valence-electron chi connectivity index (χ4n) is 0.429. The number of halogens is 1. The van der Waals surface area contributed by atoms with Gasteiger partial charge in [-0.25, -0.2) is 9.78 Å². The Balaban J connectivity index is 0.000000640. The molecule has 0 aliphatic carbocycles. The van der Waals surface area contributed by atoms with Gasteiger partial charge in [-0.15, -0.1) is 12.4 Å². The molecule has 3 nitrogen and oxygen atoms in total. The molecule has 0 aliphatic rings. The minimum Gasteiger partial charge on any atom is -0.302 e. The summed E-state index contributed by atoms with van der Waals surface area (Å²) >= 11 is 0. The van der Waals surface area contributed by atoms with Crippen LogP contribution in [0.25, 0.3) is 0 Å². The van der Waals surface area contributed by atoms with Gasteiger partial charge >= 0.3 is 5.69 Å². The van der Waals surface area contributed by atoms with Gasteiger partial charge in [-0.2, -0.15) is 0 Å². The normalized spacial score (nSPS) is 8.11. The Morgan fingerprint density at radius 1 is 1.67 bits per heavy atom. The summed E-state index contributed by atoms with van der Waals surface area (Å²) in [6.07, 6.45) is 3.14. The van der Waals surface area contributed by atoms with E-state index in [1.54, 1.807) is 19.3 Å². The van der Waals surface area contributed by atoms with E-state index in [1.165, 1.54) is 10.8 Å². The zero-order chi connectivity index (χ0) is 5.98. The molecule has 0 bridgehead atoms. The first kappa shape index (κ1) is 8.17. The summed E-state index contributed by atoms with van der Waals surface area (Å²) in [6.45, 7) is 0. The lowest BCUT2D eigenvalue weighted by molar-refractivity contribution is 0.810. The number of aromatic nitrogens is 2. The maximum Gasteiger partial charge on any atom is 0.347 e. The highest BCUT2D eigenvalue weighted by atomic mass is 35.5. The maximum atomic E-state index is 10.5. The molecule has 1 heterocycles. The van der Waals surface area contributed by atoms with Crippen molar-refractivity contribution in [2.45, 2.75) is 0 Å². The molecule has 1 aromatic heterocycles. The summed E-state index contributed by atoms with van der Waals surface area (Å²) in [6, 6.07) is 1.71. The summed E-state index contributed by atoms with van der Waals surface area (Å²) in [7, 11) is 1.66. The minimum atomic E-state index is -0.215. The molecule has 0 atom stereocenters. The van der Waals surface area contributed by atoms with E-state index >= 15 is 0 Å². The highest BCUT2D eigenvalue weighted by Crippen LogP contribution is 1.68. The Labute approximate surface area is 58.8 Å². The van der Waals surface area contributed by atoms with Gasteiger partial charge in [0, 0.05) is 19.4 Å². The van der Waals surface area contributed by atoms with Crippen LogP contribution < -0.4 is 5.69 Å². The second-order valence-electron chi connectivity index (χ2n) is 1.51. The standard InChI is InChI=1S/C5H6N2O.ClH/c1-7-4-2-3-6-5(7)8;/h2-4H,1H3;1H. The molecule has 0 amide bonds. The summed E-state index contributed by atoms with van der Waals surface area (Å²) in [5.41, 5.74) is -0.215. The molecule has 1 aromatic rings. The molecule has 9 heavy (non-hydrogen) atoms. The van der Waals surface area contributed by atoms with Crippen LogP contribution in [0.1, 0.15) is 0 Å². The van der Waals surface area contributed by atoms with E-state index in [0.717, 1.165) is 0 Å². The number of aryl methyl sites for hydroxylation is 1. The van der Waals surface area contributed by atoms with Gasteiger partial charge < -0.3 is 4.57 Å². The highest BCUT2D eigenvalue weighted by Gasteiger charge is 1.81. The first-order valence-electron chi connectivity index (χ1n) is 2.28. The highest BCUT2D eigenvalue weighted by molar-refractivity contribution is 5.85. The van der Waals surface area contributed by atoms with Crippen molar-refractivity contribution >= 4 is 12.4 Å². The van der Waals surface area contributed by atoms with Gasteiger partial charge in [0.1, 0.15) is 0 Å². The topological polar surface area (TPSA) is 34.9 Å². The van der Waals surface area contributed by atoms with Gasteiger partial charge in [0.25, 0.3) is 0 Å². The van der Waals surface area contributed by atoms with Crippen LogP contribution in [0, 0.1) is 0 Å². The average Bonchev–Trinajstić information content (AvgIpc) is 1.77. The van der Waals surface area contributed by atoms with Crippen LogP contribution in [0.3, 0.4) is 0 Å². The number of nitrogens with zero attached hydrogens (tertiary/aromatic N) is 2. The zero-order valence-electron chi connectivity index (χ0n) is 4.94. The van der Waals surface area contributed by atoms with Crippen molar-refractivity contribution in [3.63, 3.8) is 0 Å². The molecule has 0 spiro atoms. The summed E-state index contributed by atoms with van der Waals surface area (Å²) in [5.74, 6) is 0. The largest absolute Gasteiger partial charge is 0.347 e. The third-order valence-electron chi connectivity index (χ3n) is 0.882. The van der Waals surface area contributed by atoms with Gasteiger partial charge in [0.15, 0.2) is 0 Å². The number of rotatable bonds is 0. The molecule has 50 valence electrons. The van der Waals surface area contributed by atoms with E-state index in [0.29, 0.717) is 0 Å². The second-order valence-corrected chi connectivity index (χ2v) is 1.51. The molecular weight excluding hydrogens is 140 g/mol. The van der Waals surface area contributed by atoms with Crippen molar-refractivity contribution in [2.75, 3.05) is 0 Å². The Kier molecular flexibility index (Phi) is 2.95. The van der Waals surface area contributed by atoms with E-state index in [4.69, 9.17) is 0 Å². The fraction of sp³-hybridized carbons (Fsp3) is 0.200. The van der Waals surface area contributed by atoms with Gasteiger partial charge in [0.2, 0.25) is 0 Å². The molecule has 0 unspecified atom stereocenters. The maximum absolute atomic E-state index is 10.5. The quantitative estimate of drug-likeness (QED) is 0.524. The Morgan fingerprint density at radius 2 is 2.33 bits per heavy atom. The molecule has 0 fully saturated rings. The third-order valence-corrected chi connectivity index (χ3v) is 0.882. The molecule has 0 aromatic carbocycles. The minimum absolute atomic E-state index is 0. The molecule has 1 rings (SSSR count). The van der Waals surface area contributed by atoms with Crippen LogP contribution in [-0.4, -0.2) is 9.55 Å². The van der Waals surface area contributed by atoms with Crippen molar-refractivity contribution in [2.24, 2.45) is 7.05 Å². The van der Waals surface area contributed by atoms with Gasteiger partial charge in [0.05, 0.1) is 0 Å². The van der Waals surface area contributed by atoms with Gasteiger partial charge in [-0.3, -0.25) is 0 Å². The Morgan fingerprint density at radius 3 is 2.67 bits per heavy atom. The monoisotopic (exact) mass is 146 g/mol. The predicted octanol–water partition coefficient (Wildman–Crippen LogP) is 0.202. The average molecular weight is 147 g/mol. The second kappa shape index (κ2) is 3.25. The third kappa shape index (κ3) is 1.85. The summed E-state index contributed by atoms with van der Waals surface area (Å²) in [5, 5.41) is 0. The molecular formula is C5H7ClN2O. The van der Waals surface area contributed by atoms with E-state index in [2.05, 4.69) is 4.98 Å². The SMILES string of the molecule is Cl.Cn1cccnc1=O. The van der Waals surface area contributed by atoms with Gasteiger partial charge in [-0.05, 0) is 6.07 Å². The predicted molar refractivity (Wildman–Crippen MR) is 36.7 cm³/mol. The van der Waals surface area contributed by atoms with Crippen LogP contribution in [-0.2, 0) is 7.05 Å². The van der Waals surface area contributed by atoms with Crippen molar-refractivity contribution in [3.05, 3.63) is 28.9 Å². The van der Waals surface area contributed by atoms with Crippen molar-refractivity contribution in [3.8, 4) is 0 Å². The molecule has 4 heteroatoms. The lowest BCUT2D eigenvalue weighted by atomic mass is 10.7. The molecule has 0 radical (unpaired) electrons. The van der Waals surface area contributed by atoms with E-state index < -0.39 is 0 Å². The molecule has 0 aliphatic heterocycles. The van der Waals surface area contributed by atoms with E-state index in [1.807, 2.05) is 0 Å². The smallest absolute Gasteiger partial charge is 0.302 e. The number of hydrogen-bond acceptors (Lipinski definition) is 2. The van der Waals surface area contributed by atoms with Crippen LogP contribution in [0.4, 0.5) is 0 Å². The van der Waals surface area contributed by atoms with Crippen molar-refractivity contribution in [1.82, 2.24) is 9.55 Å². The van der Waals surface area contributed by atoms with Gasteiger partial charge in [-0.1, -0.05) is 0 Å². The van der Waals surface area contributed by atoms with E-state index in [-0.39, 0.29) is 18.1 Å². The Hall–Kier alpha value is -0.830. The summed E-state index contributed by atoms with van der Waals surface area (Å²) < 4.78 is 1.42. The first-order valence-corrected chi connectivity index (χ1v) is 2.28. The lowest BCUT2D eigenvalue weighted by Crippen LogP contribution is -2.17. The molecule has 0 N–H and O–H groups in total. The van der Waals surface area contributed by atoms with Crippen LogP contribution in [0.5, 0.6) is 0 Å². The molecule has 0 saturated carbocycles. The molecule has 0 saturated heterocycles. The van der Waals surface area contributed by atoms with E-state index in [9.17, 15) is 4.79 Å². The van der Waals surface area contributed by atoms with Crippen molar-refractivity contribution < 1.29 is 0 Å². The van der Waals surface area contributed by atoms with Crippen LogP contribution >= 0.6 is 12.4 Å². The van der Waals surface area contributed by atoms with Crippen LogP contribution in [0.15, 0.2) is 23.3 Å². The Bertz CT molecular complexity index is 232.